The molecule has 2 heterocycles. The number of amidine groups is 1. The molecule has 0 unspecified atom stereocenters. The van der Waals surface area contributed by atoms with Gasteiger partial charge in [0.05, 0.1) is 0 Å². The molecule has 3 aliphatic rings. The van der Waals surface area contributed by atoms with Crippen LogP contribution in [0, 0.1) is 17.7 Å². The van der Waals surface area contributed by atoms with Crippen molar-refractivity contribution in [1.82, 2.24) is 9.80 Å². The number of likely N-dealkylation sites (N-methyl/N-ethyl adjacent to an activating group) is 1. The number of rotatable bonds is 2. The van der Waals surface area contributed by atoms with Crippen molar-refractivity contribution < 1.29 is 9.18 Å². The highest BCUT2D eigenvalue weighted by molar-refractivity contribution is 6.07. The maximum Gasteiger partial charge on any atom is 0.255 e. The molecule has 1 aliphatic carbocycles. The summed E-state index contributed by atoms with van der Waals surface area (Å²) >= 11 is 0. The quantitative estimate of drug-likeness (QED) is 0.839. The van der Waals surface area contributed by atoms with Crippen LogP contribution in [0.25, 0.3) is 0 Å². The van der Waals surface area contributed by atoms with Gasteiger partial charge in [0.15, 0.2) is 0 Å². The van der Waals surface area contributed by atoms with Crippen LogP contribution in [0.5, 0.6) is 0 Å². The van der Waals surface area contributed by atoms with Crippen LogP contribution in [0.4, 0.5) is 4.39 Å². The number of hydrogen-bond donors (Lipinski definition) is 0. The minimum Gasteiger partial charge on any atom is -0.302 e. The average molecular weight is 315 g/mol. The standard InChI is InChI=1S/C18H22FN3O/c1-12-20-18(17(23)21(12)2)8-7-14-10-22(11-16(14)18)9-13-3-5-15(19)6-4-13/h3-6,14,16H,7-11H2,1-2H3/t14-,16+,18-/m1/s1. The minimum atomic E-state index is -0.513. The lowest BCUT2D eigenvalue weighted by molar-refractivity contribution is -0.131. The van der Waals surface area contributed by atoms with Crippen molar-refractivity contribution >= 4 is 11.7 Å². The largest absolute Gasteiger partial charge is 0.302 e. The highest BCUT2D eigenvalue weighted by Crippen LogP contribution is 2.50. The molecule has 2 fully saturated rings. The number of benzene rings is 1. The van der Waals surface area contributed by atoms with Gasteiger partial charge in [-0.1, -0.05) is 12.1 Å². The van der Waals surface area contributed by atoms with E-state index >= 15 is 0 Å². The number of nitrogens with zero attached hydrogens (tertiary/aromatic N) is 3. The molecule has 4 nitrogen and oxygen atoms in total. The van der Waals surface area contributed by atoms with E-state index in [1.54, 1.807) is 4.90 Å². The van der Waals surface area contributed by atoms with E-state index in [2.05, 4.69) is 4.90 Å². The maximum absolute atomic E-state index is 13.0. The SMILES string of the molecule is CC1=N[C@@]2(CC[C@@H]3CN(Cc4ccc(F)cc4)C[C@@H]32)C(=O)N1C. The molecule has 1 spiro atoms. The molecule has 0 N–H and O–H groups in total. The molecular formula is C18H22FN3O. The predicted molar refractivity (Wildman–Crippen MR) is 86.5 cm³/mol. The second-order valence-electron chi connectivity index (χ2n) is 7.17. The van der Waals surface area contributed by atoms with Gasteiger partial charge in [-0.3, -0.25) is 14.7 Å². The van der Waals surface area contributed by atoms with Crippen molar-refractivity contribution in [3.05, 3.63) is 35.6 Å². The number of hydrogen-bond acceptors (Lipinski definition) is 3. The lowest BCUT2D eigenvalue weighted by Crippen LogP contribution is -2.45. The van der Waals surface area contributed by atoms with E-state index in [0.717, 1.165) is 43.9 Å². The zero-order valence-electron chi connectivity index (χ0n) is 13.6. The molecule has 0 radical (unpaired) electrons. The van der Waals surface area contributed by atoms with Gasteiger partial charge < -0.3 is 4.90 Å². The Balaban J connectivity index is 1.52. The molecule has 1 saturated carbocycles. The van der Waals surface area contributed by atoms with Crippen LogP contribution in [0.15, 0.2) is 29.3 Å². The molecule has 0 aromatic heterocycles. The van der Waals surface area contributed by atoms with Gasteiger partial charge in [0.2, 0.25) is 0 Å². The molecule has 1 aromatic rings. The summed E-state index contributed by atoms with van der Waals surface area (Å²) in [6.45, 7) is 4.65. The monoisotopic (exact) mass is 315 g/mol. The van der Waals surface area contributed by atoms with E-state index in [0.29, 0.717) is 11.8 Å². The smallest absolute Gasteiger partial charge is 0.255 e. The van der Waals surface area contributed by atoms with Gasteiger partial charge in [0, 0.05) is 32.6 Å². The summed E-state index contributed by atoms with van der Waals surface area (Å²) in [6, 6.07) is 6.71. The molecule has 1 saturated heterocycles. The molecule has 1 aromatic carbocycles. The van der Waals surface area contributed by atoms with Gasteiger partial charge in [-0.15, -0.1) is 0 Å². The third kappa shape index (κ3) is 2.21. The van der Waals surface area contributed by atoms with Crippen molar-refractivity contribution in [2.24, 2.45) is 16.8 Å². The van der Waals surface area contributed by atoms with Crippen LogP contribution in [-0.4, -0.2) is 47.2 Å². The number of amides is 1. The van der Waals surface area contributed by atoms with Gasteiger partial charge in [-0.05, 0) is 43.4 Å². The number of aliphatic imine (C=N–C) groups is 1. The summed E-state index contributed by atoms with van der Waals surface area (Å²) < 4.78 is 13.0. The fourth-order valence-electron chi connectivity index (χ4n) is 4.62. The zero-order valence-corrected chi connectivity index (χ0v) is 13.6. The molecule has 122 valence electrons. The van der Waals surface area contributed by atoms with Gasteiger partial charge in [-0.25, -0.2) is 4.39 Å². The summed E-state index contributed by atoms with van der Waals surface area (Å²) in [7, 11) is 1.83. The molecule has 2 aliphatic heterocycles. The van der Waals surface area contributed by atoms with Gasteiger partial charge in [0.1, 0.15) is 17.2 Å². The molecular weight excluding hydrogens is 293 g/mol. The van der Waals surface area contributed by atoms with E-state index in [1.807, 2.05) is 26.1 Å². The van der Waals surface area contributed by atoms with Crippen molar-refractivity contribution in [3.8, 4) is 0 Å². The number of halogens is 1. The second-order valence-corrected chi connectivity index (χ2v) is 7.17. The van der Waals surface area contributed by atoms with E-state index in [9.17, 15) is 9.18 Å². The lowest BCUT2D eigenvalue weighted by atomic mass is 9.85. The van der Waals surface area contributed by atoms with Crippen LogP contribution >= 0.6 is 0 Å². The Morgan fingerprint density at radius 2 is 2.04 bits per heavy atom. The fraction of sp³-hybridized carbons (Fsp3) is 0.556. The van der Waals surface area contributed by atoms with Crippen molar-refractivity contribution in [1.29, 1.82) is 0 Å². The first-order valence-electron chi connectivity index (χ1n) is 8.31. The van der Waals surface area contributed by atoms with E-state index in [-0.39, 0.29) is 11.7 Å². The normalized spacial score (nSPS) is 33.6. The molecule has 5 heteroatoms. The maximum atomic E-state index is 13.0. The molecule has 4 rings (SSSR count). The molecule has 23 heavy (non-hydrogen) atoms. The van der Waals surface area contributed by atoms with Crippen LogP contribution < -0.4 is 0 Å². The fourth-order valence-corrected chi connectivity index (χ4v) is 4.62. The van der Waals surface area contributed by atoms with Crippen LogP contribution in [0.2, 0.25) is 0 Å². The zero-order chi connectivity index (χ0) is 16.2. The Morgan fingerprint density at radius 3 is 2.70 bits per heavy atom. The first-order chi connectivity index (χ1) is 11.0. The third-order valence-electron chi connectivity index (χ3n) is 5.87. The Kier molecular flexibility index (Phi) is 3.30. The number of fused-ring (bicyclic) bond motifs is 2. The Hall–Kier alpha value is -1.75. The van der Waals surface area contributed by atoms with E-state index in [4.69, 9.17) is 4.99 Å². The Morgan fingerprint density at radius 1 is 1.30 bits per heavy atom. The Bertz CT molecular complexity index is 671. The van der Waals surface area contributed by atoms with Crippen LogP contribution in [0.1, 0.15) is 25.3 Å². The lowest BCUT2D eigenvalue weighted by Gasteiger charge is -2.27. The van der Waals surface area contributed by atoms with E-state index in [1.165, 1.54) is 12.1 Å². The summed E-state index contributed by atoms with van der Waals surface area (Å²) in [6.07, 6.45) is 1.95. The van der Waals surface area contributed by atoms with Crippen LogP contribution in [-0.2, 0) is 11.3 Å². The highest BCUT2D eigenvalue weighted by Gasteiger charge is 2.59. The summed E-state index contributed by atoms with van der Waals surface area (Å²) in [5.74, 6) is 1.67. The summed E-state index contributed by atoms with van der Waals surface area (Å²) in [4.78, 5) is 21.6. The van der Waals surface area contributed by atoms with E-state index < -0.39 is 5.54 Å². The number of likely N-dealkylation sites (tertiary alicyclic amines) is 1. The van der Waals surface area contributed by atoms with Crippen molar-refractivity contribution in [2.75, 3.05) is 20.1 Å². The predicted octanol–water partition coefficient (Wildman–Crippen LogP) is 2.30. The topological polar surface area (TPSA) is 35.9 Å². The number of carbonyl (C=O) groups excluding carboxylic acids is 1. The third-order valence-corrected chi connectivity index (χ3v) is 5.87. The minimum absolute atomic E-state index is 0.172. The van der Waals surface area contributed by atoms with Crippen LogP contribution in [0.3, 0.4) is 0 Å². The molecule has 0 bridgehead atoms. The Labute approximate surface area is 136 Å². The van der Waals surface area contributed by atoms with Crippen molar-refractivity contribution in [3.63, 3.8) is 0 Å². The highest BCUT2D eigenvalue weighted by atomic mass is 19.1. The summed E-state index contributed by atoms with van der Waals surface area (Å²) in [5, 5.41) is 0. The summed E-state index contributed by atoms with van der Waals surface area (Å²) in [5.41, 5.74) is 0.607. The first-order valence-corrected chi connectivity index (χ1v) is 8.31. The van der Waals surface area contributed by atoms with Gasteiger partial charge in [0.25, 0.3) is 5.91 Å². The second kappa shape index (κ2) is 5.13. The average Bonchev–Trinajstić information content (AvgIpc) is 3.14. The van der Waals surface area contributed by atoms with Gasteiger partial charge in [-0.2, -0.15) is 0 Å². The number of carbonyl (C=O) groups is 1. The van der Waals surface area contributed by atoms with Crippen molar-refractivity contribution in [2.45, 2.75) is 31.8 Å². The molecule has 3 atom stereocenters. The first kappa shape index (κ1) is 14.8. The van der Waals surface area contributed by atoms with Gasteiger partial charge >= 0.3 is 0 Å². The molecule has 1 amide bonds.